The molecule has 2 aromatic heterocycles. The first-order chi connectivity index (χ1) is 13.4. The van der Waals surface area contributed by atoms with Gasteiger partial charge in [0, 0.05) is 17.4 Å². The SMILES string of the molecule is O.O=S(=O)(O)O.c1ccc(CSc2nc(-c3ccccc3)cc3nncn23)cc1. The molecule has 29 heavy (non-hydrogen) atoms. The van der Waals surface area contributed by atoms with Crippen molar-refractivity contribution in [1.82, 2.24) is 19.6 Å². The molecular formula is C18H18N4O5S2. The Kier molecular flexibility index (Phi) is 7.82. The lowest BCUT2D eigenvalue weighted by atomic mass is 10.1. The Balaban J connectivity index is 0.000000450. The van der Waals surface area contributed by atoms with Crippen molar-refractivity contribution < 1.29 is 23.0 Å². The molecule has 0 bridgehead atoms. The van der Waals surface area contributed by atoms with E-state index < -0.39 is 10.4 Å². The fourth-order valence-electron chi connectivity index (χ4n) is 2.38. The number of fused-ring (bicyclic) bond motifs is 1. The van der Waals surface area contributed by atoms with Gasteiger partial charge in [0.1, 0.15) is 6.33 Å². The average Bonchev–Trinajstić information content (AvgIpc) is 3.15. The van der Waals surface area contributed by atoms with Crippen molar-refractivity contribution >= 4 is 27.8 Å². The summed E-state index contributed by atoms with van der Waals surface area (Å²) in [5.74, 6) is 0.860. The third-order valence-corrected chi connectivity index (χ3v) is 4.57. The number of nitrogens with zero attached hydrogens (tertiary/aromatic N) is 4. The Morgan fingerprint density at radius 3 is 2.17 bits per heavy atom. The molecule has 0 aliphatic heterocycles. The second kappa shape index (κ2) is 10.1. The van der Waals surface area contributed by atoms with Gasteiger partial charge in [-0.1, -0.05) is 72.4 Å². The summed E-state index contributed by atoms with van der Waals surface area (Å²) >= 11 is 1.69. The number of aromatic nitrogens is 4. The standard InChI is InChI=1S/C18H14N4S.H2O4S.H2O/c1-3-7-14(8-4-1)12-23-18-20-16(15-9-5-2-6-10-15)11-17-21-19-13-22(17)18;1-5(2,3)4;/h1-11,13H,12H2;(H2,1,2,3,4);1H2. The van der Waals surface area contributed by atoms with Crippen molar-refractivity contribution in [2.24, 2.45) is 0 Å². The molecule has 4 aromatic rings. The molecule has 11 heteroatoms. The van der Waals surface area contributed by atoms with Crippen molar-refractivity contribution in [3.05, 3.63) is 78.6 Å². The maximum absolute atomic E-state index is 8.74. The molecular weight excluding hydrogens is 416 g/mol. The Labute approximate surface area is 171 Å². The molecule has 2 heterocycles. The van der Waals surface area contributed by atoms with Crippen molar-refractivity contribution in [3.63, 3.8) is 0 Å². The van der Waals surface area contributed by atoms with Gasteiger partial charge in [-0.25, -0.2) is 4.98 Å². The lowest BCUT2D eigenvalue weighted by Crippen LogP contribution is -1.96. The highest BCUT2D eigenvalue weighted by Gasteiger charge is 2.09. The van der Waals surface area contributed by atoms with Crippen LogP contribution in [-0.4, -0.2) is 42.6 Å². The first-order valence-corrected chi connectivity index (χ1v) is 10.4. The molecule has 0 fully saturated rings. The fourth-order valence-corrected chi connectivity index (χ4v) is 3.31. The Bertz CT molecular complexity index is 1140. The van der Waals surface area contributed by atoms with Crippen LogP contribution < -0.4 is 0 Å². The molecule has 0 atom stereocenters. The predicted molar refractivity (Wildman–Crippen MR) is 110 cm³/mol. The fraction of sp³-hybridized carbons (Fsp3) is 0.0556. The van der Waals surface area contributed by atoms with Crippen molar-refractivity contribution in [2.75, 3.05) is 0 Å². The third kappa shape index (κ3) is 6.93. The zero-order chi connectivity index (χ0) is 20.0. The molecule has 0 saturated carbocycles. The zero-order valence-electron chi connectivity index (χ0n) is 15.0. The molecule has 4 N–H and O–H groups in total. The van der Waals surface area contributed by atoms with Gasteiger partial charge in [0.25, 0.3) is 0 Å². The van der Waals surface area contributed by atoms with Crippen LogP contribution >= 0.6 is 11.8 Å². The molecule has 0 aliphatic rings. The molecule has 2 aromatic carbocycles. The monoisotopic (exact) mass is 434 g/mol. The minimum Gasteiger partial charge on any atom is -0.412 e. The van der Waals surface area contributed by atoms with Crippen LogP contribution in [0.3, 0.4) is 0 Å². The van der Waals surface area contributed by atoms with Crippen LogP contribution in [0.5, 0.6) is 0 Å². The summed E-state index contributed by atoms with van der Waals surface area (Å²) in [6, 6.07) is 22.5. The van der Waals surface area contributed by atoms with Crippen LogP contribution in [-0.2, 0) is 16.2 Å². The van der Waals surface area contributed by atoms with Crippen LogP contribution in [0.25, 0.3) is 16.9 Å². The topological polar surface area (TPSA) is 149 Å². The second-order valence-corrected chi connectivity index (χ2v) is 7.41. The van der Waals surface area contributed by atoms with Gasteiger partial charge in [-0.05, 0) is 5.56 Å². The summed E-state index contributed by atoms with van der Waals surface area (Å²) in [5.41, 5.74) is 4.08. The van der Waals surface area contributed by atoms with E-state index in [-0.39, 0.29) is 5.48 Å². The van der Waals surface area contributed by atoms with E-state index >= 15 is 0 Å². The van der Waals surface area contributed by atoms with Gasteiger partial charge < -0.3 is 5.48 Å². The number of thioether (sulfide) groups is 1. The molecule has 0 radical (unpaired) electrons. The van der Waals surface area contributed by atoms with Crippen LogP contribution in [0.4, 0.5) is 0 Å². The minimum absolute atomic E-state index is 0. The smallest absolute Gasteiger partial charge is 0.394 e. The summed E-state index contributed by atoms with van der Waals surface area (Å²) in [7, 11) is -4.67. The first kappa shape index (κ1) is 22.5. The van der Waals surface area contributed by atoms with E-state index in [1.807, 2.05) is 34.7 Å². The maximum Gasteiger partial charge on any atom is 0.394 e. The summed E-state index contributed by atoms with van der Waals surface area (Å²) in [6.07, 6.45) is 1.71. The molecule has 0 saturated heterocycles. The number of hydrogen-bond donors (Lipinski definition) is 2. The quantitative estimate of drug-likeness (QED) is 0.283. The molecule has 0 unspecified atom stereocenters. The van der Waals surface area contributed by atoms with E-state index in [1.54, 1.807) is 18.1 Å². The van der Waals surface area contributed by atoms with Gasteiger partial charge in [0.05, 0.1) is 5.69 Å². The van der Waals surface area contributed by atoms with Crippen molar-refractivity contribution in [2.45, 2.75) is 10.9 Å². The van der Waals surface area contributed by atoms with Gasteiger partial charge in [0.2, 0.25) is 0 Å². The lowest BCUT2D eigenvalue weighted by Gasteiger charge is -2.07. The van der Waals surface area contributed by atoms with Gasteiger partial charge >= 0.3 is 10.4 Å². The molecule has 0 amide bonds. The molecule has 4 rings (SSSR count). The van der Waals surface area contributed by atoms with E-state index in [4.69, 9.17) is 22.5 Å². The van der Waals surface area contributed by atoms with Gasteiger partial charge in [-0.3, -0.25) is 13.5 Å². The summed E-state index contributed by atoms with van der Waals surface area (Å²) in [5, 5.41) is 9.09. The number of hydrogen-bond acceptors (Lipinski definition) is 6. The van der Waals surface area contributed by atoms with E-state index in [0.717, 1.165) is 27.8 Å². The Hall–Kier alpha value is -2.83. The van der Waals surface area contributed by atoms with E-state index in [2.05, 4.69) is 46.6 Å². The zero-order valence-corrected chi connectivity index (χ0v) is 16.6. The van der Waals surface area contributed by atoms with Crippen molar-refractivity contribution in [3.8, 4) is 11.3 Å². The number of benzene rings is 2. The third-order valence-electron chi connectivity index (χ3n) is 3.54. The molecule has 0 aliphatic carbocycles. The van der Waals surface area contributed by atoms with Crippen LogP contribution in [0.2, 0.25) is 0 Å². The molecule has 152 valence electrons. The van der Waals surface area contributed by atoms with E-state index in [1.165, 1.54) is 5.56 Å². The van der Waals surface area contributed by atoms with Gasteiger partial charge in [0.15, 0.2) is 10.8 Å². The highest BCUT2D eigenvalue weighted by Crippen LogP contribution is 2.26. The second-order valence-electron chi connectivity index (χ2n) is 5.57. The largest absolute Gasteiger partial charge is 0.412 e. The van der Waals surface area contributed by atoms with E-state index in [9.17, 15) is 0 Å². The number of rotatable bonds is 4. The lowest BCUT2D eigenvalue weighted by molar-refractivity contribution is 0.381. The normalized spacial score (nSPS) is 10.7. The van der Waals surface area contributed by atoms with Crippen LogP contribution in [0, 0.1) is 0 Å². The molecule has 0 spiro atoms. The highest BCUT2D eigenvalue weighted by atomic mass is 32.3. The van der Waals surface area contributed by atoms with Gasteiger partial charge in [-0.15, -0.1) is 10.2 Å². The van der Waals surface area contributed by atoms with E-state index in [0.29, 0.717) is 0 Å². The highest BCUT2D eigenvalue weighted by molar-refractivity contribution is 7.98. The Morgan fingerprint density at radius 1 is 0.966 bits per heavy atom. The average molecular weight is 434 g/mol. The summed E-state index contributed by atoms with van der Waals surface area (Å²) in [6.45, 7) is 0. The molecule has 9 nitrogen and oxygen atoms in total. The summed E-state index contributed by atoms with van der Waals surface area (Å²) < 4.78 is 33.5. The van der Waals surface area contributed by atoms with Crippen LogP contribution in [0.1, 0.15) is 5.56 Å². The Morgan fingerprint density at radius 2 is 1.55 bits per heavy atom. The van der Waals surface area contributed by atoms with Crippen molar-refractivity contribution in [1.29, 1.82) is 0 Å². The summed E-state index contributed by atoms with van der Waals surface area (Å²) in [4.78, 5) is 4.80. The predicted octanol–water partition coefficient (Wildman–Crippen LogP) is 2.61. The first-order valence-electron chi connectivity index (χ1n) is 8.03. The van der Waals surface area contributed by atoms with Crippen LogP contribution in [0.15, 0.2) is 78.2 Å². The minimum atomic E-state index is -4.67. The van der Waals surface area contributed by atoms with Gasteiger partial charge in [-0.2, -0.15) is 8.42 Å². The maximum atomic E-state index is 8.74.